The summed E-state index contributed by atoms with van der Waals surface area (Å²) >= 11 is 0. The Morgan fingerprint density at radius 2 is 1.53 bits per heavy atom. The van der Waals surface area contributed by atoms with Gasteiger partial charge in [0.15, 0.2) is 0 Å². The van der Waals surface area contributed by atoms with Crippen molar-refractivity contribution in [3.63, 3.8) is 0 Å². The number of carboxylic acids is 1. The second-order valence-corrected chi connectivity index (χ2v) is 9.84. The van der Waals surface area contributed by atoms with Gasteiger partial charge < -0.3 is 20.5 Å². The van der Waals surface area contributed by atoms with Crippen molar-refractivity contribution in [1.29, 1.82) is 0 Å². The molecule has 2 atom stereocenters. The van der Waals surface area contributed by atoms with Gasteiger partial charge in [-0.3, -0.25) is 4.79 Å². The molecule has 0 heterocycles. The molecule has 2 aromatic carbocycles. The first kappa shape index (κ1) is 25.3. The highest BCUT2D eigenvalue weighted by molar-refractivity contribution is 5.84. The third kappa shape index (κ3) is 5.95. The minimum Gasteiger partial charge on any atom is -0.480 e. The monoisotopic (exact) mass is 466 g/mol. The van der Waals surface area contributed by atoms with E-state index < -0.39 is 35.5 Å². The molecule has 7 nitrogen and oxygen atoms in total. The molecule has 3 rings (SSSR count). The molecule has 0 bridgehead atoms. The molecule has 0 aromatic heterocycles. The molecule has 182 valence electrons. The van der Waals surface area contributed by atoms with Crippen LogP contribution in [0.3, 0.4) is 0 Å². The minimum absolute atomic E-state index is 0.0405. The summed E-state index contributed by atoms with van der Waals surface area (Å²) in [6.07, 6.45) is 0.346. The normalized spacial score (nSPS) is 14.5. The standard InChI is InChI=1S/C27H34N2O5/c1-5-10-22(25(31)32)28-24(30)15-23(27(2,3)4)29-26(33)34-16-21-19-13-8-6-11-17(19)18-12-7-9-14-20(18)21/h6-9,11-14,21-23H,5,10,15-16H2,1-4H3,(H,28,30)(H,29,33)(H,31,32)/t22-,23?/m1/s1. The molecule has 2 amide bonds. The molecule has 34 heavy (non-hydrogen) atoms. The second-order valence-electron chi connectivity index (χ2n) is 9.84. The fraction of sp³-hybridized carbons (Fsp3) is 0.444. The summed E-state index contributed by atoms with van der Waals surface area (Å²) in [7, 11) is 0. The van der Waals surface area contributed by atoms with Gasteiger partial charge in [-0.2, -0.15) is 0 Å². The van der Waals surface area contributed by atoms with Crippen LogP contribution in [0.5, 0.6) is 0 Å². The summed E-state index contributed by atoms with van der Waals surface area (Å²) in [4.78, 5) is 36.6. The number of carbonyl (C=O) groups excluding carboxylic acids is 2. The van der Waals surface area contributed by atoms with Crippen molar-refractivity contribution in [2.24, 2.45) is 5.41 Å². The SMILES string of the molecule is CCC[C@@H](NC(=O)CC(NC(=O)OCC1c2ccccc2-c2ccccc21)C(C)(C)C)C(=O)O. The van der Waals surface area contributed by atoms with Gasteiger partial charge in [0, 0.05) is 18.4 Å². The number of carbonyl (C=O) groups is 3. The van der Waals surface area contributed by atoms with Gasteiger partial charge in [-0.15, -0.1) is 0 Å². The Hall–Kier alpha value is -3.35. The van der Waals surface area contributed by atoms with Gasteiger partial charge in [-0.25, -0.2) is 9.59 Å². The Morgan fingerprint density at radius 3 is 2.03 bits per heavy atom. The van der Waals surface area contributed by atoms with Crippen molar-refractivity contribution in [3.05, 3.63) is 59.7 Å². The van der Waals surface area contributed by atoms with E-state index in [4.69, 9.17) is 4.74 Å². The Kier molecular flexibility index (Phi) is 7.97. The van der Waals surface area contributed by atoms with Crippen LogP contribution in [0.15, 0.2) is 48.5 Å². The number of hydrogen-bond donors (Lipinski definition) is 3. The highest BCUT2D eigenvalue weighted by Gasteiger charge is 2.32. The van der Waals surface area contributed by atoms with Gasteiger partial charge in [0.1, 0.15) is 12.6 Å². The Bertz CT molecular complexity index is 998. The van der Waals surface area contributed by atoms with Crippen molar-refractivity contribution in [2.75, 3.05) is 6.61 Å². The molecule has 0 radical (unpaired) electrons. The second kappa shape index (κ2) is 10.7. The number of carboxylic acid groups (broad SMARTS) is 1. The van der Waals surface area contributed by atoms with E-state index in [-0.39, 0.29) is 18.9 Å². The number of aliphatic carboxylic acids is 1. The van der Waals surface area contributed by atoms with E-state index in [2.05, 4.69) is 34.9 Å². The van der Waals surface area contributed by atoms with E-state index in [9.17, 15) is 19.5 Å². The lowest BCUT2D eigenvalue weighted by atomic mass is 9.84. The molecule has 1 aliphatic rings. The fourth-order valence-corrected chi connectivity index (χ4v) is 4.34. The highest BCUT2D eigenvalue weighted by atomic mass is 16.5. The van der Waals surface area contributed by atoms with E-state index >= 15 is 0 Å². The van der Waals surface area contributed by atoms with Gasteiger partial charge in [-0.1, -0.05) is 82.6 Å². The van der Waals surface area contributed by atoms with Crippen molar-refractivity contribution in [1.82, 2.24) is 10.6 Å². The van der Waals surface area contributed by atoms with Crippen LogP contribution < -0.4 is 10.6 Å². The van der Waals surface area contributed by atoms with Gasteiger partial charge in [0.2, 0.25) is 5.91 Å². The lowest BCUT2D eigenvalue weighted by Gasteiger charge is -2.31. The van der Waals surface area contributed by atoms with E-state index in [0.717, 1.165) is 22.3 Å². The number of rotatable bonds is 9. The third-order valence-corrected chi connectivity index (χ3v) is 6.28. The maximum atomic E-state index is 12.7. The van der Waals surface area contributed by atoms with Crippen LogP contribution in [-0.2, 0) is 14.3 Å². The number of ether oxygens (including phenoxy) is 1. The zero-order chi connectivity index (χ0) is 24.9. The van der Waals surface area contributed by atoms with Gasteiger partial charge in [0.25, 0.3) is 0 Å². The number of alkyl carbamates (subject to hydrolysis) is 1. The molecule has 0 spiro atoms. The summed E-state index contributed by atoms with van der Waals surface area (Å²) in [5, 5.41) is 14.7. The number of amides is 2. The maximum Gasteiger partial charge on any atom is 0.407 e. The van der Waals surface area contributed by atoms with E-state index in [1.54, 1.807) is 0 Å². The molecular weight excluding hydrogens is 432 g/mol. The number of hydrogen-bond acceptors (Lipinski definition) is 4. The van der Waals surface area contributed by atoms with Crippen molar-refractivity contribution < 1.29 is 24.2 Å². The Balaban J connectivity index is 1.64. The first-order valence-electron chi connectivity index (χ1n) is 11.8. The molecular formula is C27H34N2O5. The summed E-state index contributed by atoms with van der Waals surface area (Å²) in [6, 6.07) is 14.8. The van der Waals surface area contributed by atoms with Gasteiger partial charge in [-0.05, 0) is 34.1 Å². The van der Waals surface area contributed by atoms with Crippen molar-refractivity contribution >= 4 is 18.0 Å². The molecule has 3 N–H and O–H groups in total. The topological polar surface area (TPSA) is 105 Å². The fourth-order valence-electron chi connectivity index (χ4n) is 4.34. The lowest BCUT2D eigenvalue weighted by molar-refractivity contribution is -0.142. The number of nitrogens with one attached hydrogen (secondary N) is 2. The van der Waals surface area contributed by atoms with E-state index in [1.807, 2.05) is 52.0 Å². The smallest absolute Gasteiger partial charge is 0.407 e. The lowest BCUT2D eigenvalue weighted by Crippen LogP contribution is -2.49. The van der Waals surface area contributed by atoms with Crippen molar-refractivity contribution in [2.45, 2.75) is 65.0 Å². The van der Waals surface area contributed by atoms with Crippen LogP contribution in [0.4, 0.5) is 4.79 Å². The molecule has 0 saturated heterocycles. The first-order chi connectivity index (χ1) is 16.1. The quantitative estimate of drug-likeness (QED) is 0.497. The highest BCUT2D eigenvalue weighted by Crippen LogP contribution is 2.44. The molecule has 0 saturated carbocycles. The van der Waals surface area contributed by atoms with Crippen LogP contribution in [0.2, 0.25) is 0 Å². The predicted molar refractivity (Wildman–Crippen MR) is 131 cm³/mol. The molecule has 2 aromatic rings. The average molecular weight is 467 g/mol. The summed E-state index contributed by atoms with van der Waals surface area (Å²) in [5.41, 5.74) is 4.11. The molecule has 7 heteroatoms. The van der Waals surface area contributed by atoms with Crippen LogP contribution in [0.1, 0.15) is 64.0 Å². The van der Waals surface area contributed by atoms with Crippen LogP contribution in [-0.4, -0.2) is 41.8 Å². The summed E-state index contributed by atoms with van der Waals surface area (Å²) < 4.78 is 5.63. The zero-order valence-electron chi connectivity index (χ0n) is 20.3. The van der Waals surface area contributed by atoms with Crippen LogP contribution in [0.25, 0.3) is 11.1 Å². The van der Waals surface area contributed by atoms with Crippen molar-refractivity contribution in [3.8, 4) is 11.1 Å². The minimum atomic E-state index is -1.06. The predicted octanol–water partition coefficient (Wildman–Crippen LogP) is 4.70. The zero-order valence-corrected chi connectivity index (χ0v) is 20.3. The Labute approximate surface area is 200 Å². The Morgan fingerprint density at radius 1 is 0.971 bits per heavy atom. The van der Waals surface area contributed by atoms with E-state index in [1.165, 1.54) is 0 Å². The molecule has 0 aliphatic heterocycles. The van der Waals surface area contributed by atoms with E-state index in [0.29, 0.717) is 12.8 Å². The molecule has 1 aliphatic carbocycles. The summed E-state index contributed by atoms with van der Waals surface area (Å²) in [5.74, 6) is -1.54. The van der Waals surface area contributed by atoms with Crippen LogP contribution >= 0.6 is 0 Å². The van der Waals surface area contributed by atoms with Gasteiger partial charge in [0.05, 0.1) is 0 Å². The number of fused-ring (bicyclic) bond motifs is 3. The largest absolute Gasteiger partial charge is 0.480 e. The third-order valence-electron chi connectivity index (χ3n) is 6.28. The maximum absolute atomic E-state index is 12.7. The average Bonchev–Trinajstić information content (AvgIpc) is 3.10. The molecule has 0 fully saturated rings. The summed E-state index contributed by atoms with van der Waals surface area (Å²) in [6.45, 7) is 7.78. The molecule has 1 unspecified atom stereocenters. The number of benzene rings is 2. The van der Waals surface area contributed by atoms with Crippen LogP contribution in [0, 0.1) is 5.41 Å². The van der Waals surface area contributed by atoms with Gasteiger partial charge >= 0.3 is 12.1 Å². The first-order valence-corrected chi connectivity index (χ1v) is 11.8.